The number of carbonyl (C=O) groups excluding carboxylic acids is 1. The summed E-state index contributed by atoms with van der Waals surface area (Å²) in [6.45, 7) is 4.35. The van der Waals surface area contributed by atoms with Crippen molar-refractivity contribution in [2.75, 3.05) is 6.61 Å². The van der Waals surface area contributed by atoms with Crippen LogP contribution in [0.5, 0.6) is 0 Å². The van der Waals surface area contributed by atoms with Gasteiger partial charge in [-0.05, 0) is 19.4 Å². The van der Waals surface area contributed by atoms with E-state index in [2.05, 4.69) is 0 Å². The molecule has 0 radical (unpaired) electrons. The second-order valence-electron chi connectivity index (χ2n) is 4.79. The van der Waals surface area contributed by atoms with E-state index in [1.54, 1.807) is 0 Å². The van der Waals surface area contributed by atoms with E-state index in [0.717, 1.165) is 11.8 Å². The number of hydrogen-bond donors (Lipinski definition) is 0. The molecule has 2 atom stereocenters. The number of benzene rings is 1. The molecule has 1 saturated heterocycles. The molecule has 0 amide bonds. The molecule has 17 heavy (non-hydrogen) atoms. The molecule has 3 heteroatoms. The van der Waals surface area contributed by atoms with Crippen LogP contribution >= 0.6 is 0 Å². The SMILES string of the molecule is CC1(C)OC[C@H](c2ccccc2)[C@@H](CC=O)O1. The van der Waals surface area contributed by atoms with Crippen molar-refractivity contribution in [3.8, 4) is 0 Å². The third-order valence-electron chi connectivity index (χ3n) is 3.05. The summed E-state index contributed by atoms with van der Waals surface area (Å²) in [5, 5.41) is 0. The van der Waals surface area contributed by atoms with Crippen LogP contribution in [0.25, 0.3) is 0 Å². The normalized spacial score (nSPS) is 27.6. The van der Waals surface area contributed by atoms with Crippen LogP contribution in [0.2, 0.25) is 0 Å². The van der Waals surface area contributed by atoms with E-state index < -0.39 is 5.79 Å². The summed E-state index contributed by atoms with van der Waals surface area (Å²) in [4.78, 5) is 10.7. The van der Waals surface area contributed by atoms with Gasteiger partial charge in [0.15, 0.2) is 5.79 Å². The van der Waals surface area contributed by atoms with Crippen LogP contribution in [0.1, 0.15) is 31.7 Å². The smallest absolute Gasteiger partial charge is 0.163 e. The average molecular weight is 234 g/mol. The lowest BCUT2D eigenvalue weighted by atomic mass is 9.91. The number of ether oxygens (including phenoxy) is 2. The van der Waals surface area contributed by atoms with E-state index in [0.29, 0.717) is 13.0 Å². The number of aldehydes is 1. The van der Waals surface area contributed by atoms with Crippen molar-refractivity contribution in [3.63, 3.8) is 0 Å². The Kier molecular flexibility index (Phi) is 3.60. The zero-order chi connectivity index (χ0) is 12.3. The zero-order valence-corrected chi connectivity index (χ0v) is 10.3. The Morgan fingerprint density at radius 3 is 2.71 bits per heavy atom. The van der Waals surface area contributed by atoms with Crippen LogP contribution in [-0.2, 0) is 14.3 Å². The van der Waals surface area contributed by atoms with Gasteiger partial charge in [0.2, 0.25) is 0 Å². The Morgan fingerprint density at radius 2 is 2.06 bits per heavy atom. The van der Waals surface area contributed by atoms with Gasteiger partial charge in [-0.15, -0.1) is 0 Å². The predicted molar refractivity (Wildman–Crippen MR) is 64.8 cm³/mol. The molecule has 0 aliphatic carbocycles. The quantitative estimate of drug-likeness (QED) is 0.754. The van der Waals surface area contributed by atoms with Crippen LogP contribution < -0.4 is 0 Å². The van der Waals surface area contributed by atoms with Crippen LogP contribution in [0.3, 0.4) is 0 Å². The summed E-state index contributed by atoms with van der Waals surface area (Å²) in [7, 11) is 0. The van der Waals surface area contributed by atoms with Gasteiger partial charge in [0.05, 0.1) is 12.7 Å². The number of carbonyl (C=O) groups is 1. The molecular formula is C14H18O3. The van der Waals surface area contributed by atoms with Crippen molar-refractivity contribution in [3.05, 3.63) is 35.9 Å². The average Bonchev–Trinajstić information content (AvgIpc) is 2.30. The van der Waals surface area contributed by atoms with Crippen molar-refractivity contribution in [1.82, 2.24) is 0 Å². The maximum absolute atomic E-state index is 10.7. The Bertz CT molecular complexity index is 372. The van der Waals surface area contributed by atoms with Gasteiger partial charge in [-0.1, -0.05) is 30.3 Å². The first-order valence-electron chi connectivity index (χ1n) is 5.93. The second-order valence-corrected chi connectivity index (χ2v) is 4.79. The highest BCUT2D eigenvalue weighted by Gasteiger charge is 2.36. The minimum Gasteiger partial charge on any atom is -0.350 e. The molecule has 1 aliphatic rings. The molecule has 0 saturated carbocycles. The van der Waals surface area contributed by atoms with Crippen molar-refractivity contribution < 1.29 is 14.3 Å². The maximum atomic E-state index is 10.7. The minimum absolute atomic E-state index is 0.0985. The van der Waals surface area contributed by atoms with Crippen LogP contribution in [0.15, 0.2) is 30.3 Å². The maximum Gasteiger partial charge on any atom is 0.163 e. The minimum atomic E-state index is -0.598. The van der Waals surface area contributed by atoms with Crippen LogP contribution in [0.4, 0.5) is 0 Å². The van der Waals surface area contributed by atoms with Gasteiger partial charge >= 0.3 is 0 Å². The summed E-state index contributed by atoms with van der Waals surface area (Å²) in [6.07, 6.45) is 1.23. The fourth-order valence-electron chi connectivity index (χ4n) is 2.20. The Morgan fingerprint density at radius 1 is 1.35 bits per heavy atom. The Hall–Kier alpha value is -1.19. The van der Waals surface area contributed by atoms with Gasteiger partial charge in [-0.2, -0.15) is 0 Å². The molecule has 0 N–H and O–H groups in total. The van der Waals surface area contributed by atoms with Gasteiger partial charge in [-0.25, -0.2) is 0 Å². The van der Waals surface area contributed by atoms with Gasteiger partial charge < -0.3 is 14.3 Å². The second kappa shape index (κ2) is 4.98. The fourth-order valence-corrected chi connectivity index (χ4v) is 2.20. The van der Waals surface area contributed by atoms with E-state index in [1.807, 2.05) is 44.2 Å². The molecule has 0 spiro atoms. The molecule has 0 aromatic heterocycles. The van der Waals surface area contributed by atoms with Crippen molar-refractivity contribution in [2.24, 2.45) is 0 Å². The van der Waals surface area contributed by atoms with Gasteiger partial charge in [0, 0.05) is 12.3 Å². The number of hydrogen-bond acceptors (Lipinski definition) is 3. The lowest BCUT2D eigenvalue weighted by molar-refractivity contribution is -0.280. The van der Waals surface area contributed by atoms with Crippen molar-refractivity contribution >= 4 is 6.29 Å². The lowest BCUT2D eigenvalue weighted by Gasteiger charge is -2.40. The predicted octanol–water partition coefficient (Wildman–Crippen LogP) is 2.51. The molecule has 3 nitrogen and oxygen atoms in total. The molecule has 2 rings (SSSR count). The van der Waals surface area contributed by atoms with Crippen molar-refractivity contribution in [2.45, 2.75) is 38.1 Å². The molecular weight excluding hydrogens is 216 g/mol. The van der Waals surface area contributed by atoms with E-state index in [1.165, 1.54) is 0 Å². The fraction of sp³-hybridized carbons (Fsp3) is 0.500. The van der Waals surface area contributed by atoms with E-state index in [9.17, 15) is 4.79 Å². The molecule has 1 fully saturated rings. The van der Waals surface area contributed by atoms with Gasteiger partial charge in [0.25, 0.3) is 0 Å². The highest BCUT2D eigenvalue weighted by molar-refractivity contribution is 5.50. The lowest BCUT2D eigenvalue weighted by Crippen LogP contribution is -2.44. The first-order valence-corrected chi connectivity index (χ1v) is 5.93. The van der Waals surface area contributed by atoms with E-state index in [4.69, 9.17) is 9.47 Å². The molecule has 1 aromatic carbocycles. The third kappa shape index (κ3) is 2.93. The summed E-state index contributed by atoms with van der Waals surface area (Å²) in [6, 6.07) is 10.1. The molecule has 1 aromatic rings. The standard InChI is InChI=1S/C14H18O3/c1-14(2)16-10-12(13(17-14)8-9-15)11-6-4-3-5-7-11/h3-7,9,12-13H,8,10H2,1-2H3/t12-,13-/m1/s1. The molecule has 92 valence electrons. The molecule has 0 unspecified atom stereocenters. The highest BCUT2D eigenvalue weighted by atomic mass is 16.7. The largest absolute Gasteiger partial charge is 0.350 e. The third-order valence-corrected chi connectivity index (χ3v) is 3.05. The summed E-state index contributed by atoms with van der Waals surface area (Å²) in [5.74, 6) is -0.465. The molecule has 1 aliphatic heterocycles. The first kappa shape index (κ1) is 12.3. The monoisotopic (exact) mass is 234 g/mol. The van der Waals surface area contributed by atoms with Crippen LogP contribution in [-0.4, -0.2) is 24.8 Å². The summed E-state index contributed by atoms with van der Waals surface area (Å²) in [5.41, 5.74) is 1.16. The zero-order valence-electron chi connectivity index (χ0n) is 10.3. The summed E-state index contributed by atoms with van der Waals surface area (Å²) >= 11 is 0. The Labute approximate surface area is 102 Å². The topological polar surface area (TPSA) is 35.5 Å². The highest BCUT2D eigenvalue weighted by Crippen LogP contribution is 2.33. The van der Waals surface area contributed by atoms with Gasteiger partial charge in [0.1, 0.15) is 6.29 Å². The number of rotatable bonds is 3. The molecule has 1 heterocycles. The van der Waals surface area contributed by atoms with E-state index >= 15 is 0 Å². The van der Waals surface area contributed by atoms with Crippen LogP contribution in [0, 0.1) is 0 Å². The molecule has 0 bridgehead atoms. The van der Waals surface area contributed by atoms with Gasteiger partial charge in [-0.3, -0.25) is 0 Å². The van der Waals surface area contributed by atoms with Crippen molar-refractivity contribution in [1.29, 1.82) is 0 Å². The van der Waals surface area contributed by atoms with E-state index in [-0.39, 0.29) is 12.0 Å². The Balaban J connectivity index is 2.18. The summed E-state index contributed by atoms with van der Waals surface area (Å²) < 4.78 is 11.5. The first-order chi connectivity index (χ1) is 8.12.